The molecular weight excluding hydrogens is 459 g/mol. The number of aliphatic hydroxyl groups excluding tert-OH is 1. The van der Waals surface area contributed by atoms with Crippen LogP contribution in [-0.4, -0.2) is 36.2 Å². The monoisotopic (exact) mass is 482 g/mol. The van der Waals surface area contributed by atoms with Gasteiger partial charge in [0.05, 0.1) is 5.69 Å². The van der Waals surface area contributed by atoms with Gasteiger partial charge in [-0.2, -0.15) is 8.42 Å². The summed E-state index contributed by atoms with van der Waals surface area (Å²) in [5.74, 6) is -0.959. The van der Waals surface area contributed by atoms with Gasteiger partial charge in [-0.05, 0) is 67.0 Å². The number of carbonyl (C=O) groups excluding carboxylic acids is 1. The fourth-order valence-electron chi connectivity index (χ4n) is 6.12. The number of amidine groups is 1. The van der Waals surface area contributed by atoms with E-state index in [1.165, 1.54) is 24.3 Å². The number of halogens is 1. The number of aliphatic hydroxyl groups is 1. The fraction of sp³-hybridized carbons (Fsp3) is 0.333. The van der Waals surface area contributed by atoms with E-state index >= 15 is 0 Å². The maximum atomic E-state index is 13.8. The lowest BCUT2D eigenvalue weighted by molar-refractivity contribution is -0.134. The summed E-state index contributed by atoms with van der Waals surface area (Å²) in [7, 11) is -4.14. The van der Waals surface area contributed by atoms with Crippen molar-refractivity contribution in [1.29, 1.82) is 0 Å². The van der Waals surface area contributed by atoms with Crippen molar-refractivity contribution in [2.24, 2.45) is 22.2 Å². The van der Waals surface area contributed by atoms with Gasteiger partial charge in [0.2, 0.25) is 0 Å². The lowest BCUT2D eigenvalue weighted by Gasteiger charge is -2.44. The van der Waals surface area contributed by atoms with Crippen LogP contribution in [0.5, 0.6) is 0 Å². The summed E-state index contributed by atoms with van der Waals surface area (Å²) < 4.78 is 43.1. The van der Waals surface area contributed by atoms with Crippen LogP contribution < -0.4 is 11.1 Å². The number of nitrogens with zero attached hydrogens (tertiary/aromatic N) is 2. The molecule has 4 N–H and O–H groups in total. The number of sulfonamides is 1. The van der Waals surface area contributed by atoms with Gasteiger partial charge >= 0.3 is 0 Å². The molecule has 176 valence electrons. The Labute approximate surface area is 196 Å². The Morgan fingerprint density at radius 2 is 1.88 bits per heavy atom. The summed E-state index contributed by atoms with van der Waals surface area (Å²) in [6, 6.07) is 10.1. The molecule has 0 spiro atoms. The average molecular weight is 483 g/mol. The van der Waals surface area contributed by atoms with Crippen LogP contribution in [0.2, 0.25) is 0 Å². The second kappa shape index (κ2) is 7.30. The number of rotatable bonds is 3. The number of anilines is 2. The maximum Gasteiger partial charge on any atom is 0.286 e. The number of fused-ring (bicyclic) bond motifs is 6. The zero-order valence-electron chi connectivity index (χ0n) is 18.1. The fourth-order valence-corrected chi connectivity index (χ4v) is 7.28. The van der Waals surface area contributed by atoms with E-state index in [4.69, 9.17) is 5.73 Å². The largest absolute Gasteiger partial charge is 0.511 e. The standard InChI is InChI=1S/C24H23FN4O4S/c25-15-5-1-12(2-6-15)11-29-21-14-4-3-13(9-14)19(21)22(30)20(24(29)31)23-27-17-8-7-16(26)10-18(17)34(32,33)28-23/h1-2,5-8,10,13-14,19,21,30H,3-4,9,11,26H2,(H,27,28)/t13-,14+,19+,21-/m0/s1. The van der Waals surface area contributed by atoms with Crippen molar-refractivity contribution in [2.45, 2.75) is 36.7 Å². The van der Waals surface area contributed by atoms with E-state index in [9.17, 15) is 22.7 Å². The number of benzene rings is 2. The third kappa shape index (κ3) is 3.12. The predicted octanol–water partition coefficient (Wildman–Crippen LogP) is 3.19. The zero-order chi connectivity index (χ0) is 23.8. The Bertz CT molecular complexity index is 1390. The van der Waals surface area contributed by atoms with Crippen LogP contribution in [0, 0.1) is 23.6 Å². The van der Waals surface area contributed by atoms with Gasteiger partial charge in [-0.15, -0.1) is 4.40 Å². The van der Waals surface area contributed by atoms with Crippen LogP contribution in [0.3, 0.4) is 0 Å². The first-order valence-corrected chi connectivity index (χ1v) is 12.7. The number of hydrogen-bond acceptors (Lipinski definition) is 6. The zero-order valence-corrected chi connectivity index (χ0v) is 18.9. The molecule has 10 heteroatoms. The molecule has 0 saturated heterocycles. The highest BCUT2D eigenvalue weighted by molar-refractivity contribution is 7.90. The molecule has 8 nitrogen and oxygen atoms in total. The molecule has 2 saturated carbocycles. The van der Waals surface area contributed by atoms with Crippen LogP contribution in [0.4, 0.5) is 15.8 Å². The Hall–Kier alpha value is -3.40. The number of hydrogen-bond donors (Lipinski definition) is 3. The van der Waals surface area contributed by atoms with E-state index < -0.39 is 15.9 Å². The third-order valence-corrected chi connectivity index (χ3v) is 8.85. The van der Waals surface area contributed by atoms with E-state index in [-0.39, 0.29) is 69.6 Å². The smallest absolute Gasteiger partial charge is 0.286 e. The topological polar surface area (TPSA) is 125 Å². The predicted molar refractivity (Wildman–Crippen MR) is 124 cm³/mol. The maximum absolute atomic E-state index is 13.8. The van der Waals surface area contributed by atoms with E-state index in [1.54, 1.807) is 23.1 Å². The molecule has 0 radical (unpaired) electrons. The van der Waals surface area contributed by atoms with Crippen LogP contribution in [0.25, 0.3) is 0 Å². The highest BCUT2D eigenvalue weighted by Crippen LogP contribution is 2.55. The minimum Gasteiger partial charge on any atom is -0.511 e. The Morgan fingerprint density at radius 3 is 2.65 bits per heavy atom. The summed E-state index contributed by atoms with van der Waals surface area (Å²) in [5, 5.41) is 14.2. The number of amides is 1. The summed E-state index contributed by atoms with van der Waals surface area (Å²) in [6.07, 6.45) is 2.83. The van der Waals surface area contributed by atoms with Gasteiger partial charge in [0.25, 0.3) is 15.9 Å². The number of nitrogen functional groups attached to an aromatic ring is 1. The molecule has 1 amide bonds. The normalized spacial score (nSPS) is 28.9. The summed E-state index contributed by atoms with van der Waals surface area (Å²) >= 11 is 0. The lowest BCUT2D eigenvalue weighted by atomic mass is 9.77. The number of nitrogens with two attached hydrogens (primary N) is 1. The van der Waals surface area contributed by atoms with Gasteiger partial charge in [-0.3, -0.25) is 4.79 Å². The molecule has 0 aromatic heterocycles. The molecule has 2 fully saturated rings. The molecule has 2 aliphatic carbocycles. The van der Waals surface area contributed by atoms with Crippen molar-refractivity contribution in [3.05, 3.63) is 65.2 Å². The van der Waals surface area contributed by atoms with Gasteiger partial charge in [-0.1, -0.05) is 12.1 Å². The van der Waals surface area contributed by atoms with Gasteiger partial charge < -0.3 is 21.1 Å². The first kappa shape index (κ1) is 21.2. The SMILES string of the molecule is Nc1ccc2c(c1)S(=O)(=O)N=C(C1=C(O)[C@@H]3[C@H]4CC[C@H](C4)[C@@H]3N(Cc3ccc(F)cc3)C1=O)N2. The van der Waals surface area contributed by atoms with Crippen molar-refractivity contribution in [3.8, 4) is 0 Å². The molecule has 6 rings (SSSR count). The van der Waals surface area contributed by atoms with Crippen LogP contribution in [0.15, 0.2) is 63.1 Å². The van der Waals surface area contributed by atoms with Crippen molar-refractivity contribution in [1.82, 2.24) is 4.90 Å². The lowest BCUT2D eigenvalue weighted by Crippen LogP contribution is -2.53. The quantitative estimate of drug-likeness (QED) is 0.577. The number of carbonyl (C=O) groups is 1. The molecule has 2 heterocycles. The van der Waals surface area contributed by atoms with Crippen molar-refractivity contribution >= 4 is 33.1 Å². The third-order valence-electron chi connectivity index (χ3n) is 7.53. The Balaban J connectivity index is 1.45. The first-order valence-electron chi connectivity index (χ1n) is 11.2. The molecule has 4 atom stereocenters. The van der Waals surface area contributed by atoms with Gasteiger partial charge in [0.1, 0.15) is 22.0 Å². The molecule has 4 aliphatic rings. The molecule has 0 unspecified atom stereocenters. The summed E-state index contributed by atoms with van der Waals surface area (Å²) in [4.78, 5) is 15.4. The van der Waals surface area contributed by atoms with Gasteiger partial charge in [0, 0.05) is 24.2 Å². The van der Waals surface area contributed by atoms with Gasteiger partial charge in [-0.25, -0.2) is 4.39 Å². The highest BCUT2D eigenvalue weighted by atomic mass is 32.2. The second-order valence-corrected chi connectivity index (χ2v) is 11.0. The first-order chi connectivity index (χ1) is 16.2. The molecule has 2 bridgehead atoms. The molecule has 34 heavy (non-hydrogen) atoms. The molecular formula is C24H23FN4O4S. The average Bonchev–Trinajstić information content (AvgIpc) is 3.40. The summed E-state index contributed by atoms with van der Waals surface area (Å²) in [5.41, 5.74) is 6.89. The van der Waals surface area contributed by atoms with Crippen molar-refractivity contribution in [2.75, 3.05) is 11.1 Å². The van der Waals surface area contributed by atoms with Crippen molar-refractivity contribution < 1.29 is 22.7 Å². The summed E-state index contributed by atoms with van der Waals surface area (Å²) in [6.45, 7) is 0.230. The van der Waals surface area contributed by atoms with Crippen LogP contribution >= 0.6 is 0 Å². The minimum atomic E-state index is -4.14. The van der Waals surface area contributed by atoms with Gasteiger partial charge in [0.15, 0.2) is 5.84 Å². The van der Waals surface area contributed by atoms with Crippen LogP contribution in [0.1, 0.15) is 24.8 Å². The van der Waals surface area contributed by atoms with Crippen molar-refractivity contribution in [3.63, 3.8) is 0 Å². The van der Waals surface area contributed by atoms with E-state index in [0.29, 0.717) is 0 Å². The molecule has 2 aromatic rings. The Morgan fingerprint density at radius 1 is 1.15 bits per heavy atom. The molecule has 2 aliphatic heterocycles. The van der Waals surface area contributed by atoms with E-state index in [1.807, 2.05) is 0 Å². The Kier molecular flexibility index (Phi) is 4.54. The van der Waals surface area contributed by atoms with E-state index in [0.717, 1.165) is 24.8 Å². The van der Waals surface area contributed by atoms with E-state index in [2.05, 4.69) is 9.71 Å². The van der Waals surface area contributed by atoms with Crippen LogP contribution in [-0.2, 0) is 21.4 Å². The highest BCUT2D eigenvalue weighted by Gasteiger charge is 2.57. The molecule has 2 aromatic carbocycles. The minimum absolute atomic E-state index is 0.0828. The number of nitrogens with one attached hydrogen (secondary N) is 1. The second-order valence-electron chi connectivity index (χ2n) is 9.46.